The van der Waals surface area contributed by atoms with Gasteiger partial charge in [-0.15, -0.1) is 11.3 Å². The minimum atomic E-state index is -0.742. The minimum absolute atomic E-state index is 0.213. The van der Waals surface area contributed by atoms with Crippen molar-refractivity contribution in [2.45, 2.75) is 31.9 Å². The average Bonchev–Trinajstić information content (AvgIpc) is 3.32. The van der Waals surface area contributed by atoms with Crippen molar-refractivity contribution in [1.82, 2.24) is 15.6 Å². The molecule has 0 aliphatic carbocycles. The zero-order valence-corrected chi connectivity index (χ0v) is 20.7. The Kier molecular flexibility index (Phi) is 9.62. The molecule has 3 aromatic rings. The number of aromatic nitrogens is 1. The lowest BCUT2D eigenvalue weighted by Gasteiger charge is -2.24. The Bertz CT molecular complexity index is 1100. The van der Waals surface area contributed by atoms with Crippen molar-refractivity contribution in [3.63, 3.8) is 0 Å². The monoisotopic (exact) mass is 501 g/mol. The first-order chi connectivity index (χ1) is 16.4. The molecule has 9 heteroatoms. The first-order valence-corrected chi connectivity index (χ1v) is 13.1. The molecule has 0 radical (unpaired) electrons. The van der Waals surface area contributed by atoms with Gasteiger partial charge in [0.2, 0.25) is 5.91 Å². The molecule has 2 aromatic carbocycles. The molecule has 3 N–H and O–H groups in total. The number of halogens is 1. The molecule has 2 unspecified atom stereocenters. The lowest BCUT2D eigenvalue weighted by Crippen LogP contribution is -2.48. The number of thioether (sulfide) groups is 1. The number of aliphatic hydroxyl groups is 1. The number of nitrogens with zero attached hydrogens (tertiary/aromatic N) is 1. The van der Waals surface area contributed by atoms with E-state index in [1.165, 1.54) is 41.4 Å². The highest BCUT2D eigenvalue weighted by Gasteiger charge is 2.22. The normalized spacial score (nSPS) is 12.7. The number of rotatable bonds is 11. The minimum Gasteiger partial charge on any atom is -0.390 e. The molecule has 2 atom stereocenters. The maximum absolute atomic E-state index is 13.1. The van der Waals surface area contributed by atoms with Gasteiger partial charge in [0, 0.05) is 11.3 Å². The Labute approximate surface area is 207 Å². The van der Waals surface area contributed by atoms with Crippen molar-refractivity contribution in [2.75, 3.05) is 18.6 Å². The van der Waals surface area contributed by atoms with E-state index < -0.39 is 12.1 Å². The van der Waals surface area contributed by atoms with Crippen LogP contribution < -0.4 is 10.6 Å². The van der Waals surface area contributed by atoms with Gasteiger partial charge >= 0.3 is 0 Å². The second-order valence-corrected chi connectivity index (χ2v) is 9.83. The number of nitrogens with one attached hydrogen (secondary N) is 2. The molecule has 3 rings (SSSR count). The van der Waals surface area contributed by atoms with Crippen LogP contribution in [-0.4, -0.2) is 52.6 Å². The average molecular weight is 502 g/mol. The van der Waals surface area contributed by atoms with Crippen LogP contribution in [0.2, 0.25) is 0 Å². The standard InChI is InChI=1S/C25H28FN3O3S2/c1-16-5-3-4-6-19(16)25-28-13-22(34-25)24(32)27-14-23(31)29-20(21(30)15-33-2)12-9-17-7-10-18(26)11-8-17/h3-8,10-11,13,20-21,30H,9,12,14-15H2,1-2H3,(H,27,32)(H,29,31). The fourth-order valence-corrected chi connectivity index (χ4v) is 4.94. The fraction of sp³-hybridized carbons (Fsp3) is 0.320. The van der Waals surface area contributed by atoms with Gasteiger partial charge in [0.1, 0.15) is 15.7 Å². The summed E-state index contributed by atoms with van der Waals surface area (Å²) in [4.78, 5) is 29.8. The molecule has 0 bridgehead atoms. The third kappa shape index (κ3) is 7.38. The number of thiazole rings is 1. The Hall–Kier alpha value is -2.75. The van der Waals surface area contributed by atoms with Gasteiger partial charge in [-0.2, -0.15) is 11.8 Å². The summed E-state index contributed by atoms with van der Waals surface area (Å²) in [6.07, 6.45) is 3.71. The van der Waals surface area contributed by atoms with Crippen molar-refractivity contribution in [3.05, 3.63) is 76.5 Å². The lowest BCUT2D eigenvalue weighted by atomic mass is 10.0. The number of hydrogen-bond donors (Lipinski definition) is 3. The Morgan fingerprint density at radius 1 is 1.18 bits per heavy atom. The molecule has 2 amide bonds. The second kappa shape index (κ2) is 12.6. The molecule has 0 saturated heterocycles. The zero-order chi connectivity index (χ0) is 24.5. The van der Waals surface area contributed by atoms with Gasteiger partial charge < -0.3 is 15.7 Å². The van der Waals surface area contributed by atoms with Gasteiger partial charge in [0.05, 0.1) is 24.9 Å². The van der Waals surface area contributed by atoms with Crippen LogP contribution >= 0.6 is 23.1 Å². The molecular formula is C25H28FN3O3S2. The van der Waals surface area contributed by atoms with Gasteiger partial charge in [0.15, 0.2) is 0 Å². The van der Waals surface area contributed by atoms with Gasteiger partial charge in [0.25, 0.3) is 5.91 Å². The van der Waals surface area contributed by atoms with Crippen LogP contribution in [0.5, 0.6) is 0 Å². The topological polar surface area (TPSA) is 91.3 Å². The van der Waals surface area contributed by atoms with Crippen LogP contribution in [0.3, 0.4) is 0 Å². The first-order valence-electron chi connectivity index (χ1n) is 10.9. The van der Waals surface area contributed by atoms with Crippen LogP contribution in [-0.2, 0) is 11.2 Å². The van der Waals surface area contributed by atoms with E-state index in [-0.39, 0.29) is 24.2 Å². The zero-order valence-electron chi connectivity index (χ0n) is 19.1. The van der Waals surface area contributed by atoms with Gasteiger partial charge in [-0.25, -0.2) is 9.37 Å². The Balaban J connectivity index is 1.54. The third-order valence-corrected chi connectivity index (χ3v) is 7.02. The largest absolute Gasteiger partial charge is 0.390 e. The molecule has 1 aromatic heterocycles. The van der Waals surface area contributed by atoms with E-state index in [4.69, 9.17) is 0 Å². The fourth-order valence-electron chi connectivity index (χ4n) is 3.44. The Morgan fingerprint density at radius 3 is 2.62 bits per heavy atom. The summed E-state index contributed by atoms with van der Waals surface area (Å²) in [6, 6.07) is 13.5. The summed E-state index contributed by atoms with van der Waals surface area (Å²) >= 11 is 2.75. The summed E-state index contributed by atoms with van der Waals surface area (Å²) < 4.78 is 13.1. The predicted molar refractivity (Wildman–Crippen MR) is 136 cm³/mol. The van der Waals surface area contributed by atoms with Crippen molar-refractivity contribution in [1.29, 1.82) is 0 Å². The first kappa shape index (κ1) is 25.9. The highest BCUT2D eigenvalue weighted by Crippen LogP contribution is 2.27. The van der Waals surface area contributed by atoms with Crippen molar-refractivity contribution >= 4 is 34.9 Å². The van der Waals surface area contributed by atoms with Crippen LogP contribution in [0.15, 0.2) is 54.7 Å². The smallest absolute Gasteiger partial charge is 0.263 e. The van der Waals surface area contributed by atoms with E-state index in [1.807, 2.05) is 37.4 Å². The summed E-state index contributed by atoms with van der Waals surface area (Å²) in [7, 11) is 0. The van der Waals surface area contributed by atoms with E-state index >= 15 is 0 Å². The summed E-state index contributed by atoms with van der Waals surface area (Å²) in [5.41, 5.74) is 2.95. The van der Waals surface area contributed by atoms with Crippen molar-refractivity contribution in [3.8, 4) is 10.6 Å². The summed E-state index contributed by atoms with van der Waals surface area (Å²) in [5.74, 6) is -0.608. The van der Waals surface area contributed by atoms with E-state index in [0.29, 0.717) is 23.5 Å². The molecule has 0 spiro atoms. The third-order valence-electron chi connectivity index (χ3n) is 5.32. The maximum Gasteiger partial charge on any atom is 0.263 e. The van der Waals surface area contributed by atoms with E-state index in [1.54, 1.807) is 12.1 Å². The molecule has 1 heterocycles. The molecule has 0 aliphatic rings. The number of hydrogen-bond acceptors (Lipinski definition) is 6. The highest BCUT2D eigenvalue weighted by atomic mass is 32.2. The number of benzene rings is 2. The predicted octanol–water partition coefficient (Wildman–Crippen LogP) is 3.83. The van der Waals surface area contributed by atoms with Gasteiger partial charge in [-0.1, -0.05) is 36.4 Å². The molecule has 180 valence electrons. The second-order valence-electron chi connectivity index (χ2n) is 7.89. The van der Waals surface area contributed by atoms with E-state index in [0.717, 1.165) is 21.7 Å². The van der Waals surface area contributed by atoms with Crippen LogP contribution in [0.4, 0.5) is 4.39 Å². The number of carbonyl (C=O) groups is 2. The van der Waals surface area contributed by atoms with Crippen molar-refractivity contribution < 1.29 is 19.1 Å². The van der Waals surface area contributed by atoms with Crippen LogP contribution in [0, 0.1) is 12.7 Å². The van der Waals surface area contributed by atoms with E-state index in [9.17, 15) is 19.1 Å². The van der Waals surface area contributed by atoms with Gasteiger partial charge in [-0.05, 0) is 49.3 Å². The van der Waals surface area contributed by atoms with Crippen molar-refractivity contribution in [2.24, 2.45) is 0 Å². The van der Waals surface area contributed by atoms with E-state index in [2.05, 4.69) is 15.6 Å². The number of amides is 2. The molecular weight excluding hydrogens is 473 g/mol. The quantitative estimate of drug-likeness (QED) is 0.372. The Morgan fingerprint density at radius 2 is 1.91 bits per heavy atom. The molecule has 0 fully saturated rings. The molecule has 6 nitrogen and oxygen atoms in total. The van der Waals surface area contributed by atoms with Crippen LogP contribution in [0.25, 0.3) is 10.6 Å². The lowest BCUT2D eigenvalue weighted by molar-refractivity contribution is -0.121. The summed E-state index contributed by atoms with van der Waals surface area (Å²) in [6.45, 7) is 1.77. The van der Waals surface area contributed by atoms with Crippen LogP contribution in [0.1, 0.15) is 27.2 Å². The maximum atomic E-state index is 13.1. The number of aliphatic hydroxyl groups excluding tert-OH is 1. The van der Waals surface area contributed by atoms with Gasteiger partial charge in [-0.3, -0.25) is 9.59 Å². The highest BCUT2D eigenvalue weighted by molar-refractivity contribution is 7.98. The SMILES string of the molecule is CSCC(O)C(CCc1ccc(F)cc1)NC(=O)CNC(=O)c1cnc(-c2ccccc2C)s1. The molecule has 34 heavy (non-hydrogen) atoms. The number of carbonyl (C=O) groups excluding carboxylic acids is 2. The summed E-state index contributed by atoms with van der Waals surface area (Å²) in [5, 5.41) is 16.7. The molecule has 0 saturated carbocycles. The molecule has 0 aliphatic heterocycles. The number of aryl methyl sites for hydroxylation is 2.